The van der Waals surface area contributed by atoms with Crippen molar-refractivity contribution < 1.29 is 4.79 Å². The van der Waals surface area contributed by atoms with Crippen LogP contribution in [0.1, 0.15) is 21.9 Å². The lowest BCUT2D eigenvalue weighted by Crippen LogP contribution is -2.25. The van der Waals surface area contributed by atoms with Gasteiger partial charge in [0.15, 0.2) is 0 Å². The number of benzene rings is 1. The highest BCUT2D eigenvalue weighted by Gasteiger charge is 2.09. The molecular formula is C13H15N5O. The van der Waals surface area contributed by atoms with E-state index in [4.69, 9.17) is 5.84 Å². The van der Waals surface area contributed by atoms with Crippen molar-refractivity contribution in [1.82, 2.24) is 15.3 Å². The number of carbonyl (C=O) groups excluding carboxylic acids is 1. The Morgan fingerprint density at radius 1 is 1.32 bits per heavy atom. The molecule has 2 aromatic rings. The van der Waals surface area contributed by atoms with Gasteiger partial charge < -0.3 is 10.7 Å². The predicted molar refractivity (Wildman–Crippen MR) is 72.2 cm³/mol. The Hall–Kier alpha value is -2.47. The van der Waals surface area contributed by atoms with Gasteiger partial charge >= 0.3 is 0 Å². The molecule has 0 saturated heterocycles. The summed E-state index contributed by atoms with van der Waals surface area (Å²) in [7, 11) is 0. The highest BCUT2D eigenvalue weighted by atomic mass is 16.1. The molecule has 1 aromatic carbocycles. The first kappa shape index (κ1) is 13.0. The summed E-state index contributed by atoms with van der Waals surface area (Å²) in [4.78, 5) is 20.2. The Bertz CT molecular complexity index is 585. The first-order valence-corrected chi connectivity index (χ1v) is 5.83. The first-order chi connectivity index (χ1) is 9.20. The summed E-state index contributed by atoms with van der Waals surface area (Å²) in [5.41, 5.74) is 4.34. The van der Waals surface area contributed by atoms with Gasteiger partial charge in [0.25, 0.3) is 5.91 Å². The first-order valence-electron chi connectivity index (χ1n) is 5.83. The van der Waals surface area contributed by atoms with Crippen LogP contribution in [-0.2, 0) is 6.54 Å². The van der Waals surface area contributed by atoms with E-state index in [2.05, 4.69) is 20.7 Å². The number of nitrogen functional groups attached to an aromatic ring is 1. The maximum absolute atomic E-state index is 12.0. The fourth-order valence-electron chi connectivity index (χ4n) is 1.68. The number of aryl methyl sites for hydroxylation is 1. The second kappa shape index (κ2) is 5.92. The third-order valence-electron chi connectivity index (χ3n) is 2.59. The van der Waals surface area contributed by atoms with Crippen molar-refractivity contribution in [3.8, 4) is 0 Å². The van der Waals surface area contributed by atoms with Crippen molar-refractivity contribution in [3.05, 3.63) is 53.6 Å². The Kier molecular flexibility index (Phi) is 4.04. The van der Waals surface area contributed by atoms with E-state index in [0.717, 1.165) is 5.69 Å². The lowest BCUT2D eigenvalue weighted by atomic mass is 10.1. The van der Waals surface area contributed by atoms with E-state index in [1.165, 1.54) is 0 Å². The molecule has 2 rings (SSSR count). The van der Waals surface area contributed by atoms with Crippen LogP contribution in [0.2, 0.25) is 0 Å². The number of para-hydroxylation sites is 1. The zero-order valence-electron chi connectivity index (χ0n) is 10.6. The summed E-state index contributed by atoms with van der Waals surface area (Å²) in [5.74, 6) is 5.84. The minimum atomic E-state index is -0.204. The van der Waals surface area contributed by atoms with Gasteiger partial charge in [-0.3, -0.25) is 10.6 Å². The van der Waals surface area contributed by atoms with Gasteiger partial charge in [-0.05, 0) is 25.1 Å². The third kappa shape index (κ3) is 3.26. The van der Waals surface area contributed by atoms with E-state index in [1.807, 2.05) is 0 Å². The van der Waals surface area contributed by atoms with E-state index in [-0.39, 0.29) is 5.91 Å². The van der Waals surface area contributed by atoms with E-state index in [0.29, 0.717) is 23.6 Å². The SMILES string of the molecule is Cc1nccc(CNC(=O)c2ccccc2NN)n1. The molecule has 0 bridgehead atoms. The number of nitrogens with two attached hydrogens (primary N) is 1. The maximum atomic E-state index is 12.0. The van der Waals surface area contributed by atoms with Crippen molar-refractivity contribution in [1.29, 1.82) is 0 Å². The molecule has 0 radical (unpaired) electrons. The summed E-state index contributed by atoms with van der Waals surface area (Å²) < 4.78 is 0. The van der Waals surface area contributed by atoms with Gasteiger partial charge in [-0.25, -0.2) is 9.97 Å². The van der Waals surface area contributed by atoms with E-state index in [9.17, 15) is 4.79 Å². The van der Waals surface area contributed by atoms with Crippen molar-refractivity contribution in [2.24, 2.45) is 5.84 Å². The molecule has 6 heteroatoms. The highest BCUT2D eigenvalue weighted by Crippen LogP contribution is 2.13. The molecule has 0 aliphatic carbocycles. The summed E-state index contributed by atoms with van der Waals surface area (Å²) in [6.07, 6.45) is 1.67. The lowest BCUT2D eigenvalue weighted by Gasteiger charge is -2.09. The molecule has 0 atom stereocenters. The van der Waals surface area contributed by atoms with Gasteiger partial charge in [0.05, 0.1) is 23.5 Å². The average Bonchev–Trinajstić information content (AvgIpc) is 2.45. The van der Waals surface area contributed by atoms with Crippen molar-refractivity contribution >= 4 is 11.6 Å². The Morgan fingerprint density at radius 2 is 2.11 bits per heavy atom. The number of rotatable bonds is 4. The molecule has 0 saturated carbocycles. The zero-order chi connectivity index (χ0) is 13.7. The Morgan fingerprint density at radius 3 is 2.84 bits per heavy atom. The summed E-state index contributed by atoms with van der Waals surface area (Å²) in [6.45, 7) is 2.15. The van der Waals surface area contributed by atoms with Gasteiger partial charge in [0.2, 0.25) is 0 Å². The number of hydrazine groups is 1. The van der Waals surface area contributed by atoms with Gasteiger partial charge in [0.1, 0.15) is 5.82 Å². The molecule has 19 heavy (non-hydrogen) atoms. The number of nitrogens with one attached hydrogen (secondary N) is 2. The molecule has 0 fully saturated rings. The number of anilines is 1. The standard InChI is InChI=1S/C13H15N5O/c1-9-15-7-6-10(17-9)8-16-13(19)11-4-2-3-5-12(11)18-14/h2-7,18H,8,14H2,1H3,(H,16,19). The van der Waals surface area contributed by atoms with Crippen LogP contribution in [0.3, 0.4) is 0 Å². The molecule has 0 aliphatic heterocycles. The maximum Gasteiger partial charge on any atom is 0.253 e. The highest BCUT2D eigenvalue weighted by molar-refractivity contribution is 5.99. The molecule has 1 amide bonds. The molecule has 4 N–H and O–H groups in total. The Labute approximate surface area is 111 Å². The molecule has 0 spiro atoms. The minimum absolute atomic E-state index is 0.204. The smallest absolute Gasteiger partial charge is 0.253 e. The predicted octanol–water partition coefficient (Wildman–Crippen LogP) is 1.00. The average molecular weight is 257 g/mol. The molecular weight excluding hydrogens is 242 g/mol. The second-order valence-electron chi connectivity index (χ2n) is 3.97. The summed E-state index contributed by atoms with van der Waals surface area (Å²) >= 11 is 0. The number of carbonyl (C=O) groups is 1. The summed E-state index contributed by atoms with van der Waals surface area (Å²) in [5, 5.41) is 2.79. The van der Waals surface area contributed by atoms with Crippen LogP contribution in [0.15, 0.2) is 36.5 Å². The van der Waals surface area contributed by atoms with Gasteiger partial charge in [0, 0.05) is 6.20 Å². The van der Waals surface area contributed by atoms with Crippen molar-refractivity contribution in [2.45, 2.75) is 13.5 Å². The van der Waals surface area contributed by atoms with E-state index < -0.39 is 0 Å². The molecule has 0 unspecified atom stereocenters. The van der Waals surface area contributed by atoms with Gasteiger partial charge in [-0.1, -0.05) is 12.1 Å². The molecule has 6 nitrogen and oxygen atoms in total. The van der Waals surface area contributed by atoms with Crippen molar-refractivity contribution in [3.63, 3.8) is 0 Å². The second-order valence-corrected chi connectivity index (χ2v) is 3.97. The van der Waals surface area contributed by atoms with Gasteiger partial charge in [-0.15, -0.1) is 0 Å². The fraction of sp³-hybridized carbons (Fsp3) is 0.154. The van der Waals surface area contributed by atoms with E-state index in [1.54, 1.807) is 43.5 Å². The number of aromatic nitrogens is 2. The van der Waals surface area contributed by atoms with Crippen LogP contribution in [0.4, 0.5) is 5.69 Å². The molecule has 0 aliphatic rings. The largest absolute Gasteiger partial charge is 0.346 e. The topological polar surface area (TPSA) is 92.9 Å². The number of amides is 1. The molecule has 98 valence electrons. The number of nitrogens with zero attached hydrogens (tertiary/aromatic N) is 2. The van der Waals surface area contributed by atoms with Crippen LogP contribution < -0.4 is 16.6 Å². The monoisotopic (exact) mass is 257 g/mol. The number of hydrogen-bond donors (Lipinski definition) is 3. The fourth-order valence-corrected chi connectivity index (χ4v) is 1.68. The van der Waals surface area contributed by atoms with Crippen LogP contribution in [0.5, 0.6) is 0 Å². The quantitative estimate of drug-likeness (QED) is 0.561. The Balaban J connectivity index is 2.05. The summed E-state index contributed by atoms with van der Waals surface area (Å²) in [6, 6.07) is 8.80. The van der Waals surface area contributed by atoms with Crippen LogP contribution in [-0.4, -0.2) is 15.9 Å². The van der Waals surface area contributed by atoms with Crippen LogP contribution >= 0.6 is 0 Å². The normalized spacial score (nSPS) is 10.0. The zero-order valence-corrected chi connectivity index (χ0v) is 10.6. The van der Waals surface area contributed by atoms with Gasteiger partial charge in [-0.2, -0.15) is 0 Å². The molecule has 1 heterocycles. The van der Waals surface area contributed by atoms with Crippen LogP contribution in [0, 0.1) is 6.92 Å². The number of hydrogen-bond acceptors (Lipinski definition) is 5. The van der Waals surface area contributed by atoms with Crippen molar-refractivity contribution in [2.75, 3.05) is 5.43 Å². The third-order valence-corrected chi connectivity index (χ3v) is 2.59. The van der Waals surface area contributed by atoms with E-state index >= 15 is 0 Å². The lowest BCUT2D eigenvalue weighted by molar-refractivity contribution is 0.0951. The minimum Gasteiger partial charge on any atom is -0.346 e. The molecule has 1 aromatic heterocycles. The van der Waals surface area contributed by atoms with Crippen LogP contribution in [0.25, 0.3) is 0 Å².